The number of para-hydroxylation sites is 1. The largest absolute Gasteiger partial charge is 0.492 e. The Morgan fingerprint density at radius 2 is 2.00 bits per heavy atom. The van der Waals surface area contributed by atoms with Crippen LogP contribution in [-0.2, 0) is 6.54 Å². The summed E-state index contributed by atoms with van der Waals surface area (Å²) in [5.74, 6) is 1.05. The van der Waals surface area contributed by atoms with Gasteiger partial charge < -0.3 is 10.1 Å². The molecule has 1 aliphatic rings. The van der Waals surface area contributed by atoms with Gasteiger partial charge in [0.25, 0.3) is 0 Å². The van der Waals surface area contributed by atoms with Crippen molar-refractivity contribution in [2.24, 2.45) is 5.41 Å². The summed E-state index contributed by atoms with van der Waals surface area (Å²) in [6.45, 7) is 12.9. The van der Waals surface area contributed by atoms with Crippen LogP contribution >= 0.6 is 0 Å². The van der Waals surface area contributed by atoms with Gasteiger partial charge in [0.1, 0.15) is 12.4 Å². The predicted octanol–water partition coefficient (Wildman–Crippen LogP) is 2.91. The van der Waals surface area contributed by atoms with Gasteiger partial charge in [-0.25, -0.2) is 0 Å². The second kappa shape index (κ2) is 7.09. The fourth-order valence-corrected chi connectivity index (χ4v) is 2.40. The van der Waals surface area contributed by atoms with Crippen molar-refractivity contribution in [3.05, 3.63) is 29.8 Å². The maximum absolute atomic E-state index is 5.79. The van der Waals surface area contributed by atoms with Gasteiger partial charge in [-0.3, -0.25) is 4.90 Å². The Morgan fingerprint density at radius 3 is 2.80 bits per heavy atom. The molecule has 112 valence electrons. The fraction of sp³-hybridized carbons (Fsp3) is 0.647. The minimum atomic E-state index is 0.419. The first-order valence-corrected chi connectivity index (χ1v) is 7.68. The van der Waals surface area contributed by atoms with Crippen LogP contribution in [0.15, 0.2) is 24.3 Å². The van der Waals surface area contributed by atoms with E-state index in [0.717, 1.165) is 45.1 Å². The lowest BCUT2D eigenvalue weighted by atomic mass is 9.92. The van der Waals surface area contributed by atoms with Crippen LogP contribution in [0.5, 0.6) is 5.75 Å². The Labute approximate surface area is 123 Å². The molecule has 3 nitrogen and oxygen atoms in total. The number of hydrogen-bond donors (Lipinski definition) is 1. The third-order valence-corrected chi connectivity index (χ3v) is 3.69. The zero-order chi connectivity index (χ0) is 14.4. The third-order valence-electron chi connectivity index (χ3n) is 3.69. The topological polar surface area (TPSA) is 24.5 Å². The van der Waals surface area contributed by atoms with E-state index in [1.807, 2.05) is 6.07 Å². The summed E-state index contributed by atoms with van der Waals surface area (Å²) in [6, 6.07) is 8.37. The molecular weight excluding hydrogens is 248 g/mol. The molecular formula is C17H28N2O. The highest BCUT2D eigenvalue weighted by molar-refractivity contribution is 5.33. The third kappa shape index (κ3) is 5.14. The fourth-order valence-electron chi connectivity index (χ4n) is 2.40. The zero-order valence-electron chi connectivity index (χ0n) is 13.1. The summed E-state index contributed by atoms with van der Waals surface area (Å²) in [7, 11) is 0. The minimum absolute atomic E-state index is 0.419. The van der Waals surface area contributed by atoms with Gasteiger partial charge >= 0.3 is 0 Å². The molecule has 0 spiro atoms. The molecule has 1 aromatic carbocycles. The summed E-state index contributed by atoms with van der Waals surface area (Å²) in [5.41, 5.74) is 1.72. The average molecular weight is 276 g/mol. The minimum Gasteiger partial charge on any atom is -0.492 e. The number of fused-ring (bicyclic) bond motifs is 1. The molecule has 0 amide bonds. The second-order valence-corrected chi connectivity index (χ2v) is 6.79. The number of nitrogens with one attached hydrogen (secondary N) is 1. The van der Waals surface area contributed by atoms with Crippen LogP contribution in [0.25, 0.3) is 0 Å². The lowest BCUT2D eigenvalue weighted by Crippen LogP contribution is -2.34. The van der Waals surface area contributed by atoms with Crippen LogP contribution in [-0.4, -0.2) is 37.7 Å². The van der Waals surface area contributed by atoms with Gasteiger partial charge in [0.2, 0.25) is 0 Å². The molecule has 0 unspecified atom stereocenters. The number of nitrogens with zero attached hydrogens (tertiary/aromatic N) is 1. The first-order valence-electron chi connectivity index (χ1n) is 7.68. The number of hydrogen-bond acceptors (Lipinski definition) is 3. The van der Waals surface area contributed by atoms with E-state index in [2.05, 4.69) is 49.2 Å². The molecule has 0 aromatic heterocycles. The first-order chi connectivity index (χ1) is 9.54. The second-order valence-electron chi connectivity index (χ2n) is 6.79. The van der Waals surface area contributed by atoms with Gasteiger partial charge in [0, 0.05) is 31.7 Å². The Bertz CT molecular complexity index is 412. The number of rotatable bonds is 5. The SMILES string of the molecule is CC(C)(C)CCNCCN1CCOc2ccccc2C1. The molecule has 0 aliphatic carbocycles. The molecule has 1 aliphatic heterocycles. The molecule has 1 N–H and O–H groups in total. The summed E-state index contributed by atoms with van der Waals surface area (Å²) >= 11 is 0. The molecule has 0 bridgehead atoms. The standard InChI is InChI=1S/C17H28N2O/c1-17(2,3)8-9-18-10-11-19-12-13-20-16-7-5-4-6-15(16)14-19/h4-7,18H,8-14H2,1-3H3. The van der Waals surface area contributed by atoms with E-state index in [0.29, 0.717) is 5.41 Å². The maximum atomic E-state index is 5.79. The molecule has 20 heavy (non-hydrogen) atoms. The molecule has 3 heteroatoms. The summed E-state index contributed by atoms with van der Waals surface area (Å²) in [5, 5.41) is 3.55. The van der Waals surface area contributed by atoms with Gasteiger partial charge in [0.05, 0.1) is 0 Å². The zero-order valence-corrected chi connectivity index (χ0v) is 13.1. The molecule has 0 fully saturated rings. The van der Waals surface area contributed by atoms with Crippen molar-refractivity contribution in [1.29, 1.82) is 0 Å². The van der Waals surface area contributed by atoms with Crippen LogP contribution < -0.4 is 10.1 Å². The molecule has 0 saturated carbocycles. The quantitative estimate of drug-likeness (QED) is 0.837. The van der Waals surface area contributed by atoms with Crippen LogP contribution in [0, 0.1) is 5.41 Å². The van der Waals surface area contributed by atoms with Crippen LogP contribution in [0.4, 0.5) is 0 Å². The predicted molar refractivity (Wildman–Crippen MR) is 84.2 cm³/mol. The average Bonchev–Trinajstić information content (AvgIpc) is 2.58. The highest BCUT2D eigenvalue weighted by Gasteiger charge is 2.14. The molecule has 1 aromatic rings. The van der Waals surface area contributed by atoms with Crippen molar-refractivity contribution in [2.75, 3.05) is 32.8 Å². The van der Waals surface area contributed by atoms with Crippen molar-refractivity contribution in [3.8, 4) is 5.75 Å². The summed E-state index contributed by atoms with van der Waals surface area (Å²) in [4.78, 5) is 2.47. The van der Waals surface area contributed by atoms with Crippen molar-refractivity contribution in [2.45, 2.75) is 33.7 Å². The normalized spacial score (nSPS) is 16.4. The monoisotopic (exact) mass is 276 g/mol. The Morgan fingerprint density at radius 1 is 1.20 bits per heavy atom. The van der Waals surface area contributed by atoms with Crippen molar-refractivity contribution >= 4 is 0 Å². The highest BCUT2D eigenvalue weighted by Crippen LogP contribution is 2.22. The summed E-state index contributed by atoms with van der Waals surface area (Å²) in [6.07, 6.45) is 1.22. The smallest absolute Gasteiger partial charge is 0.123 e. The van der Waals surface area contributed by atoms with Crippen molar-refractivity contribution in [1.82, 2.24) is 10.2 Å². The van der Waals surface area contributed by atoms with E-state index < -0.39 is 0 Å². The number of ether oxygens (including phenoxy) is 1. The number of benzene rings is 1. The Balaban J connectivity index is 1.72. The van der Waals surface area contributed by atoms with Gasteiger partial charge in [-0.15, -0.1) is 0 Å². The maximum Gasteiger partial charge on any atom is 0.123 e. The van der Waals surface area contributed by atoms with Crippen LogP contribution in [0.3, 0.4) is 0 Å². The van der Waals surface area contributed by atoms with Gasteiger partial charge in [-0.2, -0.15) is 0 Å². The molecule has 0 atom stereocenters. The van der Waals surface area contributed by atoms with Crippen LogP contribution in [0.1, 0.15) is 32.8 Å². The molecule has 0 radical (unpaired) electrons. The lowest BCUT2D eigenvalue weighted by Gasteiger charge is -2.21. The van der Waals surface area contributed by atoms with Crippen molar-refractivity contribution < 1.29 is 4.74 Å². The van der Waals surface area contributed by atoms with Gasteiger partial charge in [0.15, 0.2) is 0 Å². The van der Waals surface area contributed by atoms with E-state index in [1.54, 1.807) is 0 Å². The Kier molecular flexibility index (Phi) is 5.44. The van der Waals surface area contributed by atoms with E-state index in [9.17, 15) is 0 Å². The van der Waals surface area contributed by atoms with E-state index in [4.69, 9.17) is 4.74 Å². The Hall–Kier alpha value is -1.06. The lowest BCUT2D eigenvalue weighted by molar-refractivity contribution is 0.225. The van der Waals surface area contributed by atoms with E-state index >= 15 is 0 Å². The molecule has 1 heterocycles. The summed E-state index contributed by atoms with van der Waals surface area (Å²) < 4.78 is 5.79. The highest BCUT2D eigenvalue weighted by atomic mass is 16.5. The van der Waals surface area contributed by atoms with Crippen molar-refractivity contribution in [3.63, 3.8) is 0 Å². The van der Waals surface area contributed by atoms with E-state index in [-0.39, 0.29) is 0 Å². The van der Waals surface area contributed by atoms with Gasteiger partial charge in [-0.1, -0.05) is 39.0 Å². The van der Waals surface area contributed by atoms with E-state index in [1.165, 1.54) is 12.0 Å². The first kappa shape index (κ1) is 15.3. The molecule has 0 saturated heterocycles. The van der Waals surface area contributed by atoms with Gasteiger partial charge in [-0.05, 0) is 24.4 Å². The van der Waals surface area contributed by atoms with Crippen LogP contribution in [0.2, 0.25) is 0 Å². The molecule has 2 rings (SSSR count).